The quantitative estimate of drug-likeness (QED) is 0.834. The number of hydrogen-bond acceptors (Lipinski definition) is 3. The van der Waals surface area contributed by atoms with Crippen molar-refractivity contribution in [2.75, 3.05) is 0 Å². The highest BCUT2D eigenvalue weighted by atomic mass is 16.2. The molecule has 1 aromatic rings. The topological polar surface area (TPSA) is 59.2 Å². The number of pyridine rings is 1. The zero-order valence-corrected chi connectivity index (χ0v) is 10.2. The molecular weight excluding hydrogens is 214 g/mol. The van der Waals surface area contributed by atoms with E-state index in [0.29, 0.717) is 19.0 Å². The summed E-state index contributed by atoms with van der Waals surface area (Å²) in [6.45, 7) is 2.55. The van der Waals surface area contributed by atoms with Gasteiger partial charge in [0.1, 0.15) is 0 Å². The molecule has 4 nitrogen and oxygen atoms in total. The van der Waals surface area contributed by atoms with Crippen LogP contribution in [0.4, 0.5) is 0 Å². The maximum absolute atomic E-state index is 12.1. The Bertz CT molecular complexity index is 374. The molecule has 17 heavy (non-hydrogen) atoms. The third kappa shape index (κ3) is 3.53. The van der Waals surface area contributed by atoms with Gasteiger partial charge in [-0.2, -0.15) is 0 Å². The van der Waals surface area contributed by atoms with Gasteiger partial charge >= 0.3 is 0 Å². The second-order valence-electron chi connectivity index (χ2n) is 4.79. The molecule has 1 unspecified atom stereocenters. The van der Waals surface area contributed by atoms with Gasteiger partial charge in [0.15, 0.2) is 0 Å². The minimum absolute atomic E-state index is 0.0683. The van der Waals surface area contributed by atoms with Gasteiger partial charge in [-0.3, -0.25) is 9.78 Å². The van der Waals surface area contributed by atoms with E-state index in [1.54, 1.807) is 12.4 Å². The van der Waals surface area contributed by atoms with E-state index >= 15 is 0 Å². The van der Waals surface area contributed by atoms with Crippen molar-refractivity contribution in [1.29, 1.82) is 0 Å². The SMILES string of the molecule is CC(N)CC(=O)N(Cc1ccncc1)C1CC1. The Morgan fingerprint density at radius 3 is 2.71 bits per heavy atom. The molecule has 1 amide bonds. The smallest absolute Gasteiger partial charge is 0.224 e. The first-order chi connectivity index (χ1) is 8.16. The minimum Gasteiger partial charge on any atom is -0.335 e. The fourth-order valence-electron chi connectivity index (χ4n) is 1.88. The zero-order valence-electron chi connectivity index (χ0n) is 10.2. The number of aromatic nitrogens is 1. The number of nitrogens with two attached hydrogens (primary N) is 1. The van der Waals surface area contributed by atoms with Crippen molar-refractivity contribution in [3.8, 4) is 0 Å². The molecule has 4 heteroatoms. The van der Waals surface area contributed by atoms with Crippen LogP contribution in [-0.4, -0.2) is 27.9 Å². The normalized spacial score (nSPS) is 16.6. The molecule has 1 fully saturated rings. The first kappa shape index (κ1) is 12.0. The second kappa shape index (κ2) is 5.27. The van der Waals surface area contributed by atoms with Gasteiger partial charge in [0.2, 0.25) is 5.91 Å². The molecule has 1 saturated carbocycles. The summed E-state index contributed by atoms with van der Waals surface area (Å²) in [6, 6.07) is 4.26. The lowest BCUT2D eigenvalue weighted by molar-refractivity contribution is -0.132. The van der Waals surface area contributed by atoms with Gasteiger partial charge < -0.3 is 10.6 Å². The molecule has 2 N–H and O–H groups in total. The van der Waals surface area contributed by atoms with Crippen molar-refractivity contribution < 1.29 is 4.79 Å². The summed E-state index contributed by atoms with van der Waals surface area (Å²) in [4.78, 5) is 18.0. The van der Waals surface area contributed by atoms with Crippen molar-refractivity contribution in [3.05, 3.63) is 30.1 Å². The summed E-state index contributed by atoms with van der Waals surface area (Å²) in [5.74, 6) is 0.166. The zero-order chi connectivity index (χ0) is 12.3. The summed E-state index contributed by atoms with van der Waals surface area (Å²) in [7, 11) is 0. The molecule has 0 bridgehead atoms. The van der Waals surface area contributed by atoms with Crippen LogP contribution in [0.15, 0.2) is 24.5 Å². The van der Waals surface area contributed by atoms with Crippen LogP contribution in [0.25, 0.3) is 0 Å². The molecule has 0 spiro atoms. The van der Waals surface area contributed by atoms with Crippen molar-refractivity contribution in [2.24, 2.45) is 5.73 Å². The number of nitrogens with zero attached hydrogens (tertiary/aromatic N) is 2. The average Bonchev–Trinajstić information content (AvgIpc) is 3.10. The summed E-state index contributed by atoms with van der Waals surface area (Å²) in [5, 5.41) is 0. The predicted molar refractivity (Wildman–Crippen MR) is 66.1 cm³/mol. The molecule has 1 heterocycles. The van der Waals surface area contributed by atoms with E-state index in [4.69, 9.17) is 5.73 Å². The summed E-state index contributed by atoms with van der Waals surface area (Å²) >= 11 is 0. The van der Waals surface area contributed by atoms with Gasteiger partial charge in [0, 0.05) is 37.4 Å². The first-order valence-corrected chi connectivity index (χ1v) is 6.11. The largest absolute Gasteiger partial charge is 0.335 e. The van der Waals surface area contributed by atoms with E-state index in [1.807, 2.05) is 24.0 Å². The lowest BCUT2D eigenvalue weighted by Crippen LogP contribution is -2.36. The average molecular weight is 233 g/mol. The van der Waals surface area contributed by atoms with E-state index in [9.17, 15) is 4.79 Å². The van der Waals surface area contributed by atoms with E-state index < -0.39 is 0 Å². The van der Waals surface area contributed by atoms with E-state index in [0.717, 1.165) is 18.4 Å². The molecule has 1 atom stereocenters. The molecule has 0 saturated heterocycles. The van der Waals surface area contributed by atoms with Crippen LogP contribution in [0.2, 0.25) is 0 Å². The van der Waals surface area contributed by atoms with Crippen LogP contribution in [0.1, 0.15) is 31.7 Å². The molecule has 0 radical (unpaired) electrons. The number of carbonyl (C=O) groups is 1. The lowest BCUT2D eigenvalue weighted by atomic mass is 10.2. The highest BCUT2D eigenvalue weighted by Crippen LogP contribution is 2.29. The molecule has 92 valence electrons. The predicted octanol–water partition coefficient (Wildman–Crippen LogP) is 1.31. The highest BCUT2D eigenvalue weighted by Gasteiger charge is 2.32. The van der Waals surface area contributed by atoms with Gasteiger partial charge in [-0.15, -0.1) is 0 Å². The van der Waals surface area contributed by atoms with Gasteiger partial charge in [-0.25, -0.2) is 0 Å². The van der Waals surface area contributed by atoms with Crippen LogP contribution in [0.3, 0.4) is 0 Å². The Balaban J connectivity index is 2.00. The van der Waals surface area contributed by atoms with Gasteiger partial charge in [0.25, 0.3) is 0 Å². The summed E-state index contributed by atoms with van der Waals surface area (Å²) in [5.41, 5.74) is 6.82. The summed E-state index contributed by atoms with van der Waals surface area (Å²) in [6.07, 6.45) is 6.19. The molecule has 1 aromatic heterocycles. The van der Waals surface area contributed by atoms with Gasteiger partial charge in [-0.05, 0) is 37.5 Å². The maximum atomic E-state index is 12.1. The Kier molecular flexibility index (Phi) is 3.74. The molecule has 1 aliphatic carbocycles. The maximum Gasteiger partial charge on any atom is 0.224 e. The Labute approximate surface area is 102 Å². The fraction of sp³-hybridized carbons (Fsp3) is 0.538. The van der Waals surface area contributed by atoms with E-state index in [-0.39, 0.29) is 11.9 Å². The van der Waals surface area contributed by atoms with E-state index in [2.05, 4.69) is 4.98 Å². The minimum atomic E-state index is -0.0683. The standard InChI is InChI=1S/C13H19N3O/c1-10(14)8-13(17)16(12-2-3-12)9-11-4-6-15-7-5-11/h4-7,10,12H,2-3,8-9,14H2,1H3. The van der Waals surface area contributed by atoms with Crippen molar-refractivity contribution in [2.45, 2.75) is 44.8 Å². The Morgan fingerprint density at radius 1 is 1.53 bits per heavy atom. The second-order valence-corrected chi connectivity index (χ2v) is 4.79. The third-order valence-electron chi connectivity index (χ3n) is 2.91. The van der Waals surface area contributed by atoms with Crippen molar-refractivity contribution in [1.82, 2.24) is 9.88 Å². The summed E-state index contributed by atoms with van der Waals surface area (Å²) < 4.78 is 0. The van der Waals surface area contributed by atoms with Crippen molar-refractivity contribution in [3.63, 3.8) is 0 Å². The van der Waals surface area contributed by atoms with Gasteiger partial charge in [0.05, 0.1) is 0 Å². The monoisotopic (exact) mass is 233 g/mol. The van der Waals surface area contributed by atoms with Gasteiger partial charge in [-0.1, -0.05) is 0 Å². The Morgan fingerprint density at radius 2 is 2.18 bits per heavy atom. The first-order valence-electron chi connectivity index (χ1n) is 6.11. The number of rotatable bonds is 5. The highest BCUT2D eigenvalue weighted by molar-refractivity contribution is 5.77. The Hall–Kier alpha value is -1.42. The molecule has 2 rings (SSSR count). The van der Waals surface area contributed by atoms with Crippen molar-refractivity contribution >= 4 is 5.91 Å². The van der Waals surface area contributed by atoms with Crippen LogP contribution in [0.5, 0.6) is 0 Å². The number of amides is 1. The van der Waals surface area contributed by atoms with Crippen LogP contribution < -0.4 is 5.73 Å². The van der Waals surface area contributed by atoms with Crippen LogP contribution in [-0.2, 0) is 11.3 Å². The molecule has 0 aliphatic heterocycles. The molecule has 0 aromatic carbocycles. The molecule has 1 aliphatic rings. The third-order valence-corrected chi connectivity index (χ3v) is 2.91. The van der Waals surface area contributed by atoms with Crippen LogP contribution >= 0.6 is 0 Å². The van der Waals surface area contributed by atoms with E-state index in [1.165, 1.54) is 0 Å². The number of carbonyl (C=O) groups excluding carboxylic acids is 1. The fourth-order valence-corrected chi connectivity index (χ4v) is 1.88. The molecular formula is C13H19N3O. The number of hydrogen-bond donors (Lipinski definition) is 1. The lowest BCUT2D eigenvalue weighted by Gasteiger charge is -2.23. The van der Waals surface area contributed by atoms with Crippen LogP contribution in [0, 0.1) is 0 Å².